The fraction of sp³-hybridized carbons (Fsp3) is 0.556. The summed E-state index contributed by atoms with van der Waals surface area (Å²) in [6.45, 7) is 6.91. The molecular formula is C18H24BrNO2. The SMILES string of the molecule is CCCC(Br)C(=O)c1ccc2c(c1)CCN2C(=O)CC(C)C. The van der Waals surface area contributed by atoms with Gasteiger partial charge in [0.15, 0.2) is 5.78 Å². The summed E-state index contributed by atoms with van der Waals surface area (Å²) in [5, 5.41) is 0. The first-order chi connectivity index (χ1) is 10.4. The molecule has 2 rings (SSSR count). The molecule has 1 unspecified atom stereocenters. The summed E-state index contributed by atoms with van der Waals surface area (Å²) >= 11 is 3.47. The fourth-order valence-corrected chi connectivity index (χ4v) is 3.56. The minimum atomic E-state index is -0.115. The van der Waals surface area contributed by atoms with E-state index >= 15 is 0 Å². The summed E-state index contributed by atoms with van der Waals surface area (Å²) < 4.78 is 0. The zero-order valence-electron chi connectivity index (χ0n) is 13.6. The van der Waals surface area contributed by atoms with Gasteiger partial charge < -0.3 is 4.90 Å². The molecule has 1 heterocycles. The molecule has 0 bridgehead atoms. The number of anilines is 1. The molecule has 0 saturated heterocycles. The van der Waals surface area contributed by atoms with Crippen LogP contribution in [0.1, 0.15) is 56.0 Å². The zero-order valence-corrected chi connectivity index (χ0v) is 15.1. The third-order valence-electron chi connectivity index (χ3n) is 3.97. The van der Waals surface area contributed by atoms with Gasteiger partial charge in [-0.05, 0) is 42.5 Å². The van der Waals surface area contributed by atoms with E-state index in [0.717, 1.165) is 42.6 Å². The third-order valence-corrected chi connectivity index (χ3v) is 4.84. The Kier molecular flexibility index (Phi) is 5.79. The van der Waals surface area contributed by atoms with Gasteiger partial charge in [-0.25, -0.2) is 0 Å². The van der Waals surface area contributed by atoms with Gasteiger partial charge in [0.1, 0.15) is 0 Å². The third kappa shape index (κ3) is 3.78. The predicted octanol–water partition coefficient (Wildman–Crippen LogP) is 4.37. The highest BCUT2D eigenvalue weighted by Gasteiger charge is 2.26. The quantitative estimate of drug-likeness (QED) is 0.554. The molecule has 0 radical (unpaired) electrons. The molecule has 4 heteroatoms. The number of benzene rings is 1. The Morgan fingerprint density at radius 1 is 1.32 bits per heavy atom. The zero-order chi connectivity index (χ0) is 16.3. The average molecular weight is 366 g/mol. The summed E-state index contributed by atoms with van der Waals surface area (Å²) in [6.07, 6.45) is 3.22. The number of Topliss-reactive ketones (excluding diaryl/α,β-unsaturated/α-hetero) is 1. The lowest BCUT2D eigenvalue weighted by molar-refractivity contribution is -0.119. The first-order valence-electron chi connectivity index (χ1n) is 8.05. The second-order valence-electron chi connectivity index (χ2n) is 6.36. The molecule has 22 heavy (non-hydrogen) atoms. The number of hydrogen-bond donors (Lipinski definition) is 0. The van der Waals surface area contributed by atoms with Crippen LogP contribution in [0.15, 0.2) is 18.2 Å². The highest BCUT2D eigenvalue weighted by Crippen LogP contribution is 2.31. The Morgan fingerprint density at radius 3 is 2.68 bits per heavy atom. The van der Waals surface area contributed by atoms with Gasteiger partial charge in [-0.2, -0.15) is 0 Å². The highest BCUT2D eigenvalue weighted by molar-refractivity contribution is 9.10. The second kappa shape index (κ2) is 7.40. The van der Waals surface area contributed by atoms with Gasteiger partial charge in [0.25, 0.3) is 0 Å². The van der Waals surface area contributed by atoms with E-state index in [1.165, 1.54) is 0 Å². The smallest absolute Gasteiger partial charge is 0.227 e. The number of ketones is 1. The van der Waals surface area contributed by atoms with E-state index in [1.807, 2.05) is 23.1 Å². The Morgan fingerprint density at radius 2 is 2.05 bits per heavy atom. The normalized spacial score (nSPS) is 15.0. The van der Waals surface area contributed by atoms with Gasteiger partial charge in [0.2, 0.25) is 5.91 Å². The maximum atomic E-state index is 12.4. The van der Waals surface area contributed by atoms with Crippen LogP contribution in [0, 0.1) is 5.92 Å². The number of rotatable bonds is 6. The van der Waals surface area contributed by atoms with Crippen molar-refractivity contribution in [1.82, 2.24) is 0 Å². The standard InChI is InChI=1S/C18H24BrNO2/c1-4-5-15(19)18(22)14-6-7-16-13(11-14)8-9-20(16)17(21)10-12(2)3/h6-7,11-12,15H,4-5,8-10H2,1-3H3. The minimum Gasteiger partial charge on any atom is -0.312 e. The van der Waals surface area contributed by atoms with Crippen LogP contribution in [-0.4, -0.2) is 23.1 Å². The summed E-state index contributed by atoms with van der Waals surface area (Å²) in [6, 6.07) is 5.75. The van der Waals surface area contributed by atoms with Gasteiger partial charge >= 0.3 is 0 Å². The maximum Gasteiger partial charge on any atom is 0.227 e. The number of fused-ring (bicyclic) bond motifs is 1. The molecule has 1 aliphatic rings. The van der Waals surface area contributed by atoms with E-state index in [-0.39, 0.29) is 16.5 Å². The van der Waals surface area contributed by atoms with Crippen LogP contribution >= 0.6 is 15.9 Å². The number of alkyl halides is 1. The molecular weight excluding hydrogens is 342 g/mol. The van der Waals surface area contributed by atoms with E-state index in [2.05, 4.69) is 36.7 Å². The van der Waals surface area contributed by atoms with E-state index < -0.39 is 0 Å². The van der Waals surface area contributed by atoms with Crippen molar-refractivity contribution in [3.8, 4) is 0 Å². The van der Waals surface area contributed by atoms with Gasteiger partial charge in [0.05, 0.1) is 4.83 Å². The average Bonchev–Trinajstić information content (AvgIpc) is 2.89. The largest absolute Gasteiger partial charge is 0.312 e. The van der Waals surface area contributed by atoms with Crippen LogP contribution in [0.2, 0.25) is 0 Å². The fourth-order valence-electron chi connectivity index (χ4n) is 2.84. The summed E-state index contributed by atoms with van der Waals surface area (Å²) in [5.41, 5.74) is 2.83. The molecule has 3 nitrogen and oxygen atoms in total. The Balaban J connectivity index is 2.17. The summed E-state index contributed by atoms with van der Waals surface area (Å²) in [7, 11) is 0. The van der Waals surface area contributed by atoms with Crippen molar-refractivity contribution in [3.63, 3.8) is 0 Å². The lowest BCUT2D eigenvalue weighted by Crippen LogP contribution is -2.29. The van der Waals surface area contributed by atoms with Crippen LogP contribution in [0.25, 0.3) is 0 Å². The minimum absolute atomic E-state index is 0.115. The maximum absolute atomic E-state index is 12.4. The van der Waals surface area contributed by atoms with Gasteiger partial charge in [-0.15, -0.1) is 0 Å². The van der Waals surface area contributed by atoms with E-state index in [4.69, 9.17) is 0 Å². The molecule has 0 saturated carbocycles. The van der Waals surface area contributed by atoms with Crippen LogP contribution < -0.4 is 4.90 Å². The number of hydrogen-bond acceptors (Lipinski definition) is 2. The van der Waals surface area contributed by atoms with Crippen molar-refractivity contribution >= 4 is 33.3 Å². The van der Waals surface area contributed by atoms with Crippen molar-refractivity contribution in [2.75, 3.05) is 11.4 Å². The molecule has 0 fully saturated rings. The van der Waals surface area contributed by atoms with E-state index in [9.17, 15) is 9.59 Å². The molecule has 1 amide bonds. The first-order valence-corrected chi connectivity index (χ1v) is 8.97. The number of nitrogens with zero attached hydrogens (tertiary/aromatic N) is 1. The lowest BCUT2D eigenvalue weighted by atomic mass is 10.0. The molecule has 1 aromatic rings. The van der Waals surface area contributed by atoms with Gasteiger partial charge in [-0.3, -0.25) is 9.59 Å². The van der Waals surface area contributed by atoms with Crippen molar-refractivity contribution in [2.24, 2.45) is 5.92 Å². The monoisotopic (exact) mass is 365 g/mol. The molecule has 1 aliphatic heterocycles. The number of carbonyl (C=O) groups is 2. The van der Waals surface area contributed by atoms with Gasteiger partial charge in [-0.1, -0.05) is 43.1 Å². The summed E-state index contributed by atoms with van der Waals surface area (Å²) in [4.78, 5) is 26.4. The Bertz CT molecular complexity index is 568. The first kappa shape index (κ1) is 17.2. The highest BCUT2D eigenvalue weighted by atomic mass is 79.9. The number of carbonyl (C=O) groups excluding carboxylic acids is 2. The van der Waals surface area contributed by atoms with Crippen molar-refractivity contribution in [2.45, 2.75) is 51.3 Å². The van der Waals surface area contributed by atoms with Crippen LogP contribution in [0.3, 0.4) is 0 Å². The Labute approximate surface area is 141 Å². The van der Waals surface area contributed by atoms with Crippen LogP contribution in [0.5, 0.6) is 0 Å². The molecule has 120 valence electrons. The van der Waals surface area contributed by atoms with Gasteiger partial charge in [0, 0.05) is 24.2 Å². The van der Waals surface area contributed by atoms with Crippen molar-refractivity contribution in [3.05, 3.63) is 29.3 Å². The molecule has 1 atom stereocenters. The topological polar surface area (TPSA) is 37.4 Å². The van der Waals surface area contributed by atoms with Crippen molar-refractivity contribution < 1.29 is 9.59 Å². The molecule has 0 N–H and O–H groups in total. The summed E-state index contributed by atoms with van der Waals surface area (Å²) in [5.74, 6) is 0.675. The van der Waals surface area contributed by atoms with E-state index in [0.29, 0.717) is 12.3 Å². The van der Waals surface area contributed by atoms with Crippen LogP contribution in [0.4, 0.5) is 5.69 Å². The number of amides is 1. The number of halogens is 1. The molecule has 1 aromatic carbocycles. The van der Waals surface area contributed by atoms with Crippen LogP contribution in [-0.2, 0) is 11.2 Å². The molecule has 0 spiro atoms. The predicted molar refractivity (Wildman–Crippen MR) is 93.9 cm³/mol. The molecule has 0 aliphatic carbocycles. The molecule has 0 aromatic heterocycles. The Hall–Kier alpha value is -1.16. The van der Waals surface area contributed by atoms with E-state index in [1.54, 1.807) is 0 Å². The lowest BCUT2D eigenvalue weighted by Gasteiger charge is -2.19. The van der Waals surface area contributed by atoms with Crippen molar-refractivity contribution in [1.29, 1.82) is 0 Å². The second-order valence-corrected chi connectivity index (χ2v) is 7.46.